The van der Waals surface area contributed by atoms with Gasteiger partial charge in [0.05, 0.1) is 24.4 Å². The van der Waals surface area contributed by atoms with E-state index in [-0.39, 0.29) is 30.5 Å². The Kier molecular flexibility index (Phi) is 13.8. The highest BCUT2D eigenvalue weighted by molar-refractivity contribution is 5.73. The van der Waals surface area contributed by atoms with Gasteiger partial charge >= 0.3 is 17.9 Å². The van der Waals surface area contributed by atoms with Crippen LogP contribution in [0.3, 0.4) is 0 Å². The molecule has 0 radical (unpaired) electrons. The van der Waals surface area contributed by atoms with Gasteiger partial charge in [-0.15, -0.1) is 0 Å². The van der Waals surface area contributed by atoms with Gasteiger partial charge in [0.2, 0.25) is 12.3 Å². The van der Waals surface area contributed by atoms with E-state index in [9.17, 15) is 19.2 Å². The Bertz CT molecular complexity index is 1060. The number of hydrogen-bond donors (Lipinski definition) is 1. The summed E-state index contributed by atoms with van der Waals surface area (Å²) in [4.78, 5) is 48.2. The second-order valence-electron chi connectivity index (χ2n) is 12.7. The van der Waals surface area contributed by atoms with E-state index in [4.69, 9.17) is 37.9 Å². The molecule has 0 aromatic heterocycles. The first-order valence-electron chi connectivity index (χ1n) is 16.3. The topological polar surface area (TPSA) is 154 Å². The van der Waals surface area contributed by atoms with Crippen LogP contribution in [0.15, 0.2) is 0 Å². The number of alkyl halides is 1. The van der Waals surface area contributed by atoms with Crippen molar-refractivity contribution in [3.8, 4) is 0 Å². The molecule has 14 heteroatoms. The monoisotopic (exact) mass is 661 g/mol. The summed E-state index contributed by atoms with van der Waals surface area (Å²) in [5, 5.41) is 2.89. The van der Waals surface area contributed by atoms with Gasteiger partial charge in [0.25, 0.3) is 0 Å². The summed E-state index contributed by atoms with van der Waals surface area (Å²) < 4.78 is 62.8. The van der Waals surface area contributed by atoms with Gasteiger partial charge in [0, 0.05) is 39.5 Å². The Balaban J connectivity index is 1.91. The van der Waals surface area contributed by atoms with E-state index in [0.29, 0.717) is 12.8 Å². The maximum Gasteiger partial charge on any atom is 0.303 e. The lowest BCUT2D eigenvalue weighted by molar-refractivity contribution is -0.349. The molecule has 3 rings (SSSR count). The molecule has 3 heterocycles. The van der Waals surface area contributed by atoms with Crippen LogP contribution in [0.1, 0.15) is 82.1 Å². The van der Waals surface area contributed by atoms with Crippen LogP contribution in [-0.2, 0) is 57.1 Å². The minimum atomic E-state index is -1.68. The molecule has 0 aromatic rings. The van der Waals surface area contributed by atoms with E-state index in [0.717, 1.165) is 0 Å². The Labute approximate surface area is 270 Å². The molecule has 13 nitrogen and oxygen atoms in total. The number of carbonyl (C=O) groups excluding carboxylic acids is 4. The van der Waals surface area contributed by atoms with E-state index in [1.807, 2.05) is 34.6 Å². The van der Waals surface area contributed by atoms with Gasteiger partial charge in [-0.05, 0) is 24.7 Å². The summed E-state index contributed by atoms with van der Waals surface area (Å²) in [5.41, 5.74) is 0. The number of halogens is 1. The van der Waals surface area contributed by atoms with Crippen molar-refractivity contribution in [1.29, 1.82) is 0 Å². The van der Waals surface area contributed by atoms with Crippen molar-refractivity contribution in [2.75, 3.05) is 6.61 Å². The number of nitrogens with one attached hydrogen (secondary N) is 1. The Morgan fingerprint density at radius 2 is 1.20 bits per heavy atom. The van der Waals surface area contributed by atoms with Crippen molar-refractivity contribution in [1.82, 2.24) is 5.32 Å². The van der Waals surface area contributed by atoms with E-state index in [1.54, 1.807) is 6.92 Å². The SMILES string of the molecule is CCC1OC(F)[C@H](OC2OC(CC)[C@@H](OC3OC(COC(C)=O)[C@H](OC(C)=O)[C@H](C)[C@@H]3OC(C)=O)[C@H](C)[C@@H]2NC(C)=O)[C@@H](C)[C@@H]1C. The van der Waals surface area contributed by atoms with Gasteiger partial charge in [0.15, 0.2) is 18.7 Å². The van der Waals surface area contributed by atoms with Gasteiger partial charge in [-0.2, -0.15) is 0 Å². The molecule has 0 saturated carbocycles. The van der Waals surface area contributed by atoms with Crippen LogP contribution in [0.25, 0.3) is 0 Å². The van der Waals surface area contributed by atoms with E-state index in [1.165, 1.54) is 27.7 Å². The molecular formula is C32H52FNO12. The summed E-state index contributed by atoms with van der Waals surface area (Å²) in [6.45, 7) is 16.2. The van der Waals surface area contributed by atoms with Crippen molar-refractivity contribution in [2.45, 2.75) is 150 Å². The molecule has 3 fully saturated rings. The van der Waals surface area contributed by atoms with Gasteiger partial charge in [0.1, 0.15) is 24.9 Å². The summed E-state index contributed by atoms with van der Waals surface area (Å²) >= 11 is 0. The molecular weight excluding hydrogens is 609 g/mol. The van der Waals surface area contributed by atoms with Crippen molar-refractivity contribution < 1.29 is 61.5 Å². The van der Waals surface area contributed by atoms with Gasteiger partial charge in [-0.1, -0.05) is 41.5 Å². The summed E-state index contributed by atoms with van der Waals surface area (Å²) in [5.74, 6) is -3.37. The first kappa shape index (κ1) is 38.1. The molecule has 3 aliphatic heterocycles. The highest BCUT2D eigenvalue weighted by atomic mass is 19.1. The molecule has 0 spiro atoms. The van der Waals surface area contributed by atoms with E-state index in [2.05, 4.69) is 5.32 Å². The molecule has 0 bridgehead atoms. The van der Waals surface area contributed by atoms with Gasteiger partial charge in [-0.3, -0.25) is 19.2 Å². The molecule has 3 saturated heterocycles. The minimum Gasteiger partial charge on any atom is -0.463 e. The van der Waals surface area contributed by atoms with Crippen molar-refractivity contribution in [3.63, 3.8) is 0 Å². The third-order valence-electron chi connectivity index (χ3n) is 9.34. The fourth-order valence-electron chi connectivity index (χ4n) is 6.70. The van der Waals surface area contributed by atoms with Crippen LogP contribution in [0, 0.1) is 23.7 Å². The molecule has 0 aromatic carbocycles. The van der Waals surface area contributed by atoms with Crippen LogP contribution >= 0.6 is 0 Å². The molecule has 0 aliphatic carbocycles. The highest BCUT2D eigenvalue weighted by Crippen LogP contribution is 2.40. The highest BCUT2D eigenvalue weighted by Gasteiger charge is 2.53. The Morgan fingerprint density at radius 3 is 1.74 bits per heavy atom. The number of rotatable bonds is 11. The fourth-order valence-corrected chi connectivity index (χ4v) is 6.70. The number of amides is 1. The normalized spacial score (nSPS) is 41.2. The average molecular weight is 662 g/mol. The second-order valence-corrected chi connectivity index (χ2v) is 12.7. The molecule has 15 atom stereocenters. The van der Waals surface area contributed by atoms with Crippen molar-refractivity contribution in [2.24, 2.45) is 23.7 Å². The first-order valence-corrected chi connectivity index (χ1v) is 16.3. The van der Waals surface area contributed by atoms with Crippen LogP contribution in [0.4, 0.5) is 4.39 Å². The molecule has 3 aliphatic rings. The lowest BCUT2D eigenvalue weighted by atomic mass is 9.82. The van der Waals surface area contributed by atoms with Crippen molar-refractivity contribution >= 4 is 23.8 Å². The maximum absolute atomic E-state index is 15.3. The number of carbonyl (C=O) groups is 4. The van der Waals surface area contributed by atoms with E-state index >= 15 is 4.39 Å². The quantitative estimate of drug-likeness (QED) is 0.256. The third kappa shape index (κ3) is 9.15. The minimum absolute atomic E-state index is 0.0275. The Hall–Kier alpha value is -2.39. The predicted octanol–water partition coefficient (Wildman–Crippen LogP) is 3.20. The average Bonchev–Trinajstić information content (AvgIpc) is 2.97. The lowest BCUT2D eigenvalue weighted by Crippen LogP contribution is -2.65. The van der Waals surface area contributed by atoms with Crippen LogP contribution < -0.4 is 5.32 Å². The van der Waals surface area contributed by atoms with E-state index < -0.39 is 91.3 Å². The molecule has 1 amide bonds. The van der Waals surface area contributed by atoms with Gasteiger partial charge in [-0.25, -0.2) is 4.39 Å². The summed E-state index contributed by atoms with van der Waals surface area (Å²) in [6.07, 6.45) is -8.18. The maximum atomic E-state index is 15.3. The summed E-state index contributed by atoms with van der Waals surface area (Å²) in [6, 6.07) is -0.761. The van der Waals surface area contributed by atoms with Gasteiger partial charge < -0.3 is 43.2 Å². The van der Waals surface area contributed by atoms with Crippen molar-refractivity contribution in [3.05, 3.63) is 0 Å². The zero-order valence-electron chi connectivity index (χ0n) is 28.6. The fraction of sp³-hybridized carbons (Fsp3) is 0.875. The summed E-state index contributed by atoms with van der Waals surface area (Å²) in [7, 11) is 0. The zero-order chi connectivity index (χ0) is 34.5. The zero-order valence-corrected chi connectivity index (χ0v) is 28.6. The third-order valence-corrected chi connectivity index (χ3v) is 9.34. The molecule has 46 heavy (non-hydrogen) atoms. The first-order chi connectivity index (χ1) is 21.6. The van der Waals surface area contributed by atoms with Crippen LogP contribution in [-0.4, -0.2) is 98.1 Å². The molecule has 1 N–H and O–H groups in total. The number of ether oxygens (including phenoxy) is 8. The number of esters is 3. The molecule has 264 valence electrons. The molecule has 6 unspecified atom stereocenters. The van der Waals surface area contributed by atoms with Crippen LogP contribution in [0.5, 0.6) is 0 Å². The number of hydrogen-bond acceptors (Lipinski definition) is 12. The second kappa shape index (κ2) is 16.6. The smallest absolute Gasteiger partial charge is 0.303 e. The largest absolute Gasteiger partial charge is 0.463 e. The standard InChI is InChI=1S/C32H52FNO12/c1-11-22-14(3)15(4)28(30(33)42-22)46-31-25(34-18(7)35)16(5)26(23(12-2)43-31)45-32-29(41-21(10)38)17(6)27(40-20(9)37)24(44-32)13-39-19(8)36/h14-17,22-32H,11-13H2,1-10H3,(H,34,35)/t14-,15-,16+,17-,22?,23?,24?,25-,26-,27+,28+,29-,30?,31?,32?/m0/s1. The lowest BCUT2D eigenvalue weighted by Gasteiger charge is -2.50. The Morgan fingerprint density at radius 1 is 0.630 bits per heavy atom. The van der Waals surface area contributed by atoms with Crippen LogP contribution in [0.2, 0.25) is 0 Å². The predicted molar refractivity (Wildman–Crippen MR) is 159 cm³/mol.